The molecule has 0 heterocycles. The largest absolute Gasteiger partial charge is 0.478 e. The van der Waals surface area contributed by atoms with Gasteiger partial charge in [0.25, 0.3) is 5.91 Å². The van der Waals surface area contributed by atoms with E-state index in [-0.39, 0.29) is 19.1 Å². The van der Waals surface area contributed by atoms with Crippen molar-refractivity contribution in [2.45, 2.75) is 6.92 Å². The number of carboxylic acid groups (broad SMARTS) is 1. The van der Waals surface area contributed by atoms with Gasteiger partial charge in [0.05, 0.1) is 6.61 Å². The van der Waals surface area contributed by atoms with Gasteiger partial charge in [-0.2, -0.15) is 0 Å². The van der Waals surface area contributed by atoms with Gasteiger partial charge in [-0.25, -0.2) is 4.79 Å². The van der Waals surface area contributed by atoms with E-state index in [4.69, 9.17) is 10.2 Å². The molecule has 0 unspecified atom stereocenters. The molecule has 0 fully saturated rings. The number of aliphatic hydroxyl groups excluding tert-OH is 1. The number of carboxylic acids is 1. The first-order chi connectivity index (χ1) is 8.95. The van der Waals surface area contributed by atoms with Crippen LogP contribution in [0, 0.1) is 6.92 Å². The summed E-state index contributed by atoms with van der Waals surface area (Å²) >= 11 is 0. The second-order valence-corrected chi connectivity index (χ2v) is 4.19. The van der Waals surface area contributed by atoms with Crippen LogP contribution in [0.2, 0.25) is 0 Å². The van der Waals surface area contributed by atoms with Gasteiger partial charge < -0.3 is 15.1 Å². The first-order valence-electron chi connectivity index (χ1n) is 5.83. The second kappa shape index (κ2) is 6.70. The predicted octanol–water partition coefficient (Wildman–Crippen LogP) is 1.16. The van der Waals surface area contributed by atoms with Crippen molar-refractivity contribution < 1.29 is 19.8 Å². The number of amides is 1. The Morgan fingerprint density at radius 1 is 1.37 bits per heavy atom. The molecule has 5 nitrogen and oxygen atoms in total. The van der Waals surface area contributed by atoms with E-state index in [1.165, 1.54) is 11.0 Å². The fourth-order valence-electron chi connectivity index (χ4n) is 1.59. The van der Waals surface area contributed by atoms with Crippen molar-refractivity contribution in [3.63, 3.8) is 0 Å². The van der Waals surface area contributed by atoms with Crippen molar-refractivity contribution in [3.8, 4) is 0 Å². The van der Waals surface area contributed by atoms with E-state index in [1.54, 1.807) is 25.2 Å². The van der Waals surface area contributed by atoms with Crippen LogP contribution in [-0.4, -0.2) is 47.2 Å². The fraction of sp³-hybridized carbons (Fsp3) is 0.286. The standard InChI is InChI=1S/C14H17NO4/c1-10-3-4-12(14(19)15(2)7-8-16)9-11(10)5-6-13(17)18/h3-6,9,16H,7-8H2,1-2H3,(H,17,18)/b6-5+. The maximum atomic E-state index is 12.0. The number of aliphatic hydroxyl groups is 1. The Bertz CT molecular complexity index is 508. The Kier molecular flexibility index (Phi) is 5.26. The quantitative estimate of drug-likeness (QED) is 0.781. The number of aliphatic carboxylic acids is 1. The third kappa shape index (κ3) is 4.22. The van der Waals surface area contributed by atoms with Gasteiger partial charge in [-0.1, -0.05) is 6.07 Å². The van der Waals surface area contributed by atoms with Crippen LogP contribution in [0.5, 0.6) is 0 Å². The average Bonchev–Trinajstić information content (AvgIpc) is 2.37. The SMILES string of the molecule is Cc1ccc(C(=O)N(C)CCO)cc1/C=C/C(=O)O. The molecule has 0 saturated heterocycles. The lowest BCUT2D eigenvalue weighted by atomic mass is 10.0. The van der Waals surface area contributed by atoms with Crippen molar-refractivity contribution in [2.75, 3.05) is 20.2 Å². The molecule has 0 aliphatic carbocycles. The van der Waals surface area contributed by atoms with Crippen molar-refractivity contribution in [1.29, 1.82) is 0 Å². The van der Waals surface area contributed by atoms with Crippen LogP contribution < -0.4 is 0 Å². The maximum absolute atomic E-state index is 12.0. The molecule has 1 aromatic rings. The highest BCUT2D eigenvalue weighted by molar-refractivity contribution is 5.95. The number of nitrogens with zero attached hydrogens (tertiary/aromatic N) is 1. The van der Waals surface area contributed by atoms with Crippen molar-refractivity contribution in [3.05, 3.63) is 41.0 Å². The van der Waals surface area contributed by atoms with Gasteiger partial charge in [-0.05, 0) is 36.3 Å². The van der Waals surface area contributed by atoms with E-state index < -0.39 is 5.97 Å². The summed E-state index contributed by atoms with van der Waals surface area (Å²) in [5, 5.41) is 17.4. The number of carbonyl (C=O) groups is 2. The molecule has 0 bridgehead atoms. The van der Waals surface area contributed by atoms with Gasteiger partial charge in [0.2, 0.25) is 0 Å². The van der Waals surface area contributed by atoms with Crippen LogP contribution >= 0.6 is 0 Å². The third-order valence-electron chi connectivity index (χ3n) is 2.71. The summed E-state index contributed by atoms with van der Waals surface area (Å²) in [7, 11) is 1.60. The topological polar surface area (TPSA) is 77.8 Å². The minimum Gasteiger partial charge on any atom is -0.478 e. The summed E-state index contributed by atoms with van der Waals surface area (Å²) in [4.78, 5) is 23.9. The lowest BCUT2D eigenvalue weighted by Gasteiger charge is -2.16. The van der Waals surface area contributed by atoms with Crippen LogP contribution in [0.25, 0.3) is 6.08 Å². The monoisotopic (exact) mass is 263 g/mol. The molecule has 0 atom stereocenters. The minimum absolute atomic E-state index is 0.0973. The fourth-order valence-corrected chi connectivity index (χ4v) is 1.59. The zero-order valence-corrected chi connectivity index (χ0v) is 11.0. The highest BCUT2D eigenvalue weighted by Crippen LogP contribution is 2.14. The molecule has 102 valence electrons. The van der Waals surface area contributed by atoms with Gasteiger partial charge >= 0.3 is 5.97 Å². The van der Waals surface area contributed by atoms with Gasteiger partial charge in [0, 0.05) is 25.2 Å². The number of hydrogen-bond donors (Lipinski definition) is 2. The molecule has 5 heteroatoms. The Balaban J connectivity index is 3.01. The minimum atomic E-state index is -1.03. The number of likely N-dealkylation sites (N-methyl/N-ethyl adjacent to an activating group) is 1. The molecule has 1 rings (SSSR count). The van der Waals surface area contributed by atoms with Gasteiger partial charge in [-0.15, -0.1) is 0 Å². The number of benzene rings is 1. The molecular formula is C14H17NO4. The first kappa shape index (κ1) is 14.9. The summed E-state index contributed by atoms with van der Waals surface area (Å²) in [6, 6.07) is 5.09. The average molecular weight is 263 g/mol. The van der Waals surface area contributed by atoms with E-state index in [0.29, 0.717) is 11.1 Å². The van der Waals surface area contributed by atoms with Crippen molar-refractivity contribution in [1.82, 2.24) is 4.90 Å². The summed E-state index contributed by atoms with van der Waals surface area (Å²) < 4.78 is 0. The number of hydrogen-bond acceptors (Lipinski definition) is 3. The van der Waals surface area contributed by atoms with Crippen LogP contribution in [0.3, 0.4) is 0 Å². The third-order valence-corrected chi connectivity index (χ3v) is 2.71. The number of carbonyl (C=O) groups excluding carboxylic acids is 1. The van der Waals surface area contributed by atoms with Crippen LogP contribution in [0.1, 0.15) is 21.5 Å². The number of rotatable bonds is 5. The second-order valence-electron chi connectivity index (χ2n) is 4.19. The smallest absolute Gasteiger partial charge is 0.328 e. The molecule has 0 saturated carbocycles. The summed E-state index contributed by atoms with van der Waals surface area (Å²) in [6.45, 7) is 2.00. The van der Waals surface area contributed by atoms with Gasteiger partial charge in [-0.3, -0.25) is 4.79 Å². The molecule has 0 aliphatic heterocycles. The normalized spacial score (nSPS) is 10.7. The number of aryl methyl sites for hydroxylation is 1. The molecule has 1 amide bonds. The van der Waals surface area contributed by atoms with E-state index in [1.807, 2.05) is 6.92 Å². The molecule has 2 N–H and O–H groups in total. The van der Waals surface area contributed by atoms with Crippen molar-refractivity contribution in [2.24, 2.45) is 0 Å². The Hall–Kier alpha value is -2.14. The zero-order chi connectivity index (χ0) is 14.4. The lowest BCUT2D eigenvalue weighted by Crippen LogP contribution is -2.29. The molecule has 1 aromatic carbocycles. The highest BCUT2D eigenvalue weighted by atomic mass is 16.4. The molecule has 0 aliphatic rings. The summed E-state index contributed by atoms with van der Waals surface area (Å²) in [5.74, 6) is -1.24. The van der Waals surface area contributed by atoms with Crippen LogP contribution in [0.4, 0.5) is 0 Å². The maximum Gasteiger partial charge on any atom is 0.328 e. The lowest BCUT2D eigenvalue weighted by molar-refractivity contribution is -0.131. The van der Waals surface area contributed by atoms with E-state index >= 15 is 0 Å². The van der Waals surface area contributed by atoms with Crippen LogP contribution in [0.15, 0.2) is 24.3 Å². The molecule has 0 radical (unpaired) electrons. The van der Waals surface area contributed by atoms with E-state index in [2.05, 4.69) is 0 Å². The molecule has 0 aromatic heterocycles. The van der Waals surface area contributed by atoms with Crippen LogP contribution in [-0.2, 0) is 4.79 Å². The van der Waals surface area contributed by atoms with Crippen molar-refractivity contribution >= 4 is 18.0 Å². The molecule has 19 heavy (non-hydrogen) atoms. The predicted molar refractivity (Wildman–Crippen MR) is 71.9 cm³/mol. The first-order valence-corrected chi connectivity index (χ1v) is 5.83. The van der Waals surface area contributed by atoms with E-state index in [0.717, 1.165) is 11.6 Å². The Labute approximate surface area is 111 Å². The Morgan fingerprint density at radius 2 is 2.05 bits per heavy atom. The zero-order valence-electron chi connectivity index (χ0n) is 11.0. The Morgan fingerprint density at radius 3 is 2.63 bits per heavy atom. The van der Waals surface area contributed by atoms with E-state index in [9.17, 15) is 9.59 Å². The highest BCUT2D eigenvalue weighted by Gasteiger charge is 2.11. The molecular weight excluding hydrogens is 246 g/mol. The summed E-state index contributed by atoms with van der Waals surface area (Å²) in [5.41, 5.74) is 2.04. The van der Waals surface area contributed by atoms with Gasteiger partial charge in [0.1, 0.15) is 0 Å². The van der Waals surface area contributed by atoms with Gasteiger partial charge in [0.15, 0.2) is 0 Å². The molecule has 0 spiro atoms. The summed E-state index contributed by atoms with van der Waals surface area (Å²) in [6.07, 6.45) is 2.49.